The Morgan fingerprint density at radius 1 is 1.18 bits per heavy atom. The highest BCUT2D eigenvalue weighted by Crippen LogP contribution is 2.31. The fourth-order valence-electron chi connectivity index (χ4n) is 3.18. The van der Waals surface area contributed by atoms with Crippen molar-refractivity contribution in [1.82, 2.24) is 4.98 Å². The van der Waals surface area contributed by atoms with Crippen molar-refractivity contribution in [2.75, 3.05) is 18.2 Å². The van der Waals surface area contributed by atoms with E-state index in [4.69, 9.17) is 4.74 Å². The Labute approximate surface area is 128 Å². The van der Waals surface area contributed by atoms with E-state index >= 15 is 0 Å². The summed E-state index contributed by atoms with van der Waals surface area (Å²) in [4.78, 5) is 16.6. The number of nitrogens with zero attached hydrogens (tertiary/aromatic N) is 3. The van der Waals surface area contributed by atoms with Gasteiger partial charge < -0.3 is 4.74 Å². The summed E-state index contributed by atoms with van der Waals surface area (Å²) >= 11 is 0. The predicted molar refractivity (Wildman–Crippen MR) is 84.8 cm³/mol. The quantitative estimate of drug-likeness (QED) is 0.856. The van der Waals surface area contributed by atoms with Crippen LogP contribution in [0.4, 0.5) is 5.69 Å². The molecule has 0 aliphatic carbocycles. The maximum atomic E-state index is 12.4. The minimum atomic E-state index is 0.0470. The first-order chi connectivity index (χ1) is 10.8. The number of carbonyl (C=O) groups is 1. The maximum Gasteiger partial charge on any atom is 0.253 e. The zero-order chi connectivity index (χ0) is 14.9. The van der Waals surface area contributed by atoms with Gasteiger partial charge in [-0.15, -0.1) is 0 Å². The summed E-state index contributed by atoms with van der Waals surface area (Å²) in [5, 5.41) is 8.22. The third-order valence-corrected chi connectivity index (χ3v) is 4.38. The molecule has 5 nitrogen and oxygen atoms in total. The lowest BCUT2D eigenvalue weighted by molar-refractivity contribution is -0.116. The van der Waals surface area contributed by atoms with Crippen molar-refractivity contribution in [2.24, 2.45) is 11.0 Å². The second kappa shape index (κ2) is 5.50. The highest BCUT2D eigenvalue weighted by Gasteiger charge is 2.31. The number of anilines is 1. The molecule has 0 saturated carbocycles. The number of carbonyl (C=O) groups excluding carboxylic acids is 1. The van der Waals surface area contributed by atoms with Gasteiger partial charge >= 0.3 is 0 Å². The largest absolute Gasteiger partial charge is 0.381 e. The van der Waals surface area contributed by atoms with Crippen molar-refractivity contribution in [3.63, 3.8) is 0 Å². The first-order valence-corrected chi connectivity index (χ1v) is 7.64. The Morgan fingerprint density at radius 2 is 2.05 bits per heavy atom. The average molecular weight is 295 g/mol. The van der Waals surface area contributed by atoms with Gasteiger partial charge in [-0.2, -0.15) is 10.1 Å². The van der Waals surface area contributed by atoms with Gasteiger partial charge in [-0.1, -0.05) is 12.1 Å². The van der Waals surface area contributed by atoms with Crippen molar-refractivity contribution < 1.29 is 9.53 Å². The minimum Gasteiger partial charge on any atom is -0.381 e. The van der Waals surface area contributed by atoms with Crippen molar-refractivity contribution in [3.05, 3.63) is 36.7 Å². The molecule has 1 saturated heterocycles. The molecule has 2 aliphatic heterocycles. The van der Waals surface area contributed by atoms with E-state index in [-0.39, 0.29) is 5.91 Å². The summed E-state index contributed by atoms with van der Waals surface area (Å²) in [6.07, 6.45) is 5.89. The van der Waals surface area contributed by atoms with E-state index < -0.39 is 0 Å². The molecule has 0 atom stereocenters. The molecule has 4 rings (SSSR count). The molecule has 2 aromatic rings. The highest BCUT2D eigenvalue weighted by atomic mass is 16.5. The number of ether oxygens (including phenoxy) is 1. The number of pyridine rings is 1. The third kappa shape index (κ3) is 2.27. The molecule has 1 aromatic carbocycles. The third-order valence-electron chi connectivity index (χ3n) is 4.38. The Morgan fingerprint density at radius 3 is 2.91 bits per heavy atom. The van der Waals surface area contributed by atoms with Crippen molar-refractivity contribution >= 4 is 28.1 Å². The summed E-state index contributed by atoms with van der Waals surface area (Å²) in [5.74, 6) is 0.421. The molecule has 0 N–H and O–H groups in total. The van der Waals surface area contributed by atoms with Crippen LogP contribution in [-0.2, 0) is 9.53 Å². The Bertz CT molecular complexity index is 745. The Balaban J connectivity index is 1.71. The predicted octanol–water partition coefficient (Wildman–Crippen LogP) is 2.75. The van der Waals surface area contributed by atoms with Crippen LogP contribution in [0.5, 0.6) is 0 Å². The molecule has 1 fully saturated rings. The average Bonchev–Trinajstić information content (AvgIpc) is 2.97. The number of fused-ring (bicyclic) bond motifs is 1. The topological polar surface area (TPSA) is 54.8 Å². The number of hydrazone groups is 1. The van der Waals surface area contributed by atoms with Gasteiger partial charge in [0.1, 0.15) is 0 Å². The number of hydrogen-bond acceptors (Lipinski definition) is 4. The van der Waals surface area contributed by atoms with Gasteiger partial charge in [0.2, 0.25) is 0 Å². The summed E-state index contributed by atoms with van der Waals surface area (Å²) < 4.78 is 5.39. The van der Waals surface area contributed by atoms with Gasteiger partial charge in [-0.25, -0.2) is 0 Å². The van der Waals surface area contributed by atoms with Crippen LogP contribution < -0.4 is 5.01 Å². The van der Waals surface area contributed by atoms with Crippen LogP contribution in [0.15, 0.2) is 41.8 Å². The van der Waals surface area contributed by atoms with E-state index in [0.717, 1.165) is 48.2 Å². The molecule has 2 aliphatic rings. The van der Waals surface area contributed by atoms with Crippen LogP contribution in [0.25, 0.3) is 10.8 Å². The first kappa shape index (κ1) is 13.4. The molecule has 22 heavy (non-hydrogen) atoms. The van der Waals surface area contributed by atoms with Crippen molar-refractivity contribution in [2.45, 2.75) is 19.3 Å². The lowest BCUT2D eigenvalue weighted by Crippen LogP contribution is -2.23. The molecule has 0 bridgehead atoms. The summed E-state index contributed by atoms with van der Waals surface area (Å²) in [6, 6.07) is 7.81. The molecule has 0 radical (unpaired) electrons. The molecule has 3 heterocycles. The summed E-state index contributed by atoms with van der Waals surface area (Å²) in [5.41, 5.74) is 1.84. The lowest BCUT2D eigenvalue weighted by atomic mass is 9.93. The monoisotopic (exact) mass is 295 g/mol. The highest BCUT2D eigenvalue weighted by molar-refractivity contribution is 6.16. The summed E-state index contributed by atoms with van der Waals surface area (Å²) in [7, 11) is 0. The minimum absolute atomic E-state index is 0.0470. The van der Waals surface area contributed by atoms with Gasteiger partial charge in [0.05, 0.1) is 17.8 Å². The van der Waals surface area contributed by atoms with Crippen molar-refractivity contribution in [3.8, 4) is 0 Å². The van der Waals surface area contributed by atoms with E-state index in [1.165, 1.54) is 0 Å². The zero-order valence-electron chi connectivity index (χ0n) is 12.2. The lowest BCUT2D eigenvalue weighted by Gasteiger charge is -2.21. The standard InChI is InChI=1S/C17H17N3O2/c21-17-10-15(12-5-8-22-9-6-12)19-20(17)16-3-1-2-13-11-18-7-4-14(13)16/h1-4,7,11-12H,5-6,8-10H2. The summed E-state index contributed by atoms with van der Waals surface area (Å²) in [6.45, 7) is 1.52. The Kier molecular flexibility index (Phi) is 3.35. The fourth-order valence-corrected chi connectivity index (χ4v) is 3.18. The second-order valence-electron chi connectivity index (χ2n) is 5.73. The fraction of sp³-hybridized carbons (Fsp3) is 0.353. The van der Waals surface area contributed by atoms with Crippen LogP contribution in [0.3, 0.4) is 0 Å². The van der Waals surface area contributed by atoms with E-state index in [1.807, 2.05) is 30.5 Å². The van der Waals surface area contributed by atoms with Crippen LogP contribution in [0.1, 0.15) is 19.3 Å². The number of hydrogen-bond donors (Lipinski definition) is 0. The van der Waals surface area contributed by atoms with Gasteiger partial charge in [0, 0.05) is 42.3 Å². The maximum absolute atomic E-state index is 12.4. The van der Waals surface area contributed by atoms with Crippen LogP contribution in [0, 0.1) is 5.92 Å². The molecule has 112 valence electrons. The normalized spacial score (nSPS) is 19.7. The first-order valence-electron chi connectivity index (χ1n) is 7.64. The van der Waals surface area contributed by atoms with E-state index in [2.05, 4.69) is 10.1 Å². The number of benzene rings is 1. The second-order valence-corrected chi connectivity index (χ2v) is 5.73. The molecule has 0 unspecified atom stereocenters. The number of rotatable bonds is 2. The molecule has 1 aromatic heterocycles. The van der Waals surface area contributed by atoms with Crippen LogP contribution in [-0.4, -0.2) is 29.8 Å². The molecule has 1 amide bonds. The van der Waals surface area contributed by atoms with E-state index in [0.29, 0.717) is 12.3 Å². The van der Waals surface area contributed by atoms with Crippen LogP contribution >= 0.6 is 0 Å². The van der Waals surface area contributed by atoms with Gasteiger partial charge in [0.15, 0.2) is 0 Å². The smallest absolute Gasteiger partial charge is 0.253 e. The van der Waals surface area contributed by atoms with E-state index in [9.17, 15) is 4.79 Å². The number of amides is 1. The molecule has 5 heteroatoms. The van der Waals surface area contributed by atoms with Gasteiger partial charge in [-0.05, 0) is 25.0 Å². The van der Waals surface area contributed by atoms with Crippen LogP contribution in [0.2, 0.25) is 0 Å². The zero-order valence-corrected chi connectivity index (χ0v) is 12.2. The number of aromatic nitrogens is 1. The molecule has 0 spiro atoms. The van der Waals surface area contributed by atoms with Gasteiger partial charge in [0.25, 0.3) is 5.91 Å². The van der Waals surface area contributed by atoms with Crippen molar-refractivity contribution in [1.29, 1.82) is 0 Å². The van der Waals surface area contributed by atoms with Gasteiger partial charge in [-0.3, -0.25) is 9.78 Å². The molecular weight excluding hydrogens is 278 g/mol. The SMILES string of the molecule is O=C1CC(C2CCOCC2)=NN1c1cccc2cnccc12. The van der Waals surface area contributed by atoms with E-state index in [1.54, 1.807) is 11.2 Å². The molecular formula is C17H17N3O2. The Hall–Kier alpha value is -2.27.